The molecule has 1 N–H and O–H groups in total. The summed E-state index contributed by atoms with van der Waals surface area (Å²) in [5.41, 5.74) is 2.06. The summed E-state index contributed by atoms with van der Waals surface area (Å²) in [6, 6.07) is 7.28. The quantitative estimate of drug-likeness (QED) is 0.814. The van der Waals surface area contributed by atoms with Gasteiger partial charge in [0, 0.05) is 11.6 Å². The number of ether oxygens (including phenoxy) is 1. The summed E-state index contributed by atoms with van der Waals surface area (Å²) in [6.45, 7) is 4.19. The van der Waals surface area contributed by atoms with E-state index in [1.807, 2.05) is 26.0 Å². The smallest absolute Gasteiger partial charge is 0.307 e. The van der Waals surface area contributed by atoms with Gasteiger partial charge in [-0.25, -0.2) is 4.68 Å². The summed E-state index contributed by atoms with van der Waals surface area (Å²) in [7, 11) is 1.32. The SMILES string of the molecule is COC(=O)CCNC(=O)c1cnn(-c2cccc(Cl)c2)c1C(C)C. The molecular formula is C17H20ClN3O3. The van der Waals surface area contributed by atoms with E-state index in [4.69, 9.17) is 11.6 Å². The zero-order chi connectivity index (χ0) is 17.7. The lowest BCUT2D eigenvalue weighted by Gasteiger charge is -2.13. The maximum absolute atomic E-state index is 12.4. The number of amides is 1. The summed E-state index contributed by atoms with van der Waals surface area (Å²) < 4.78 is 6.27. The van der Waals surface area contributed by atoms with Crippen LogP contribution in [-0.4, -0.2) is 35.3 Å². The Morgan fingerprint density at radius 3 is 2.75 bits per heavy atom. The Hall–Kier alpha value is -2.34. The zero-order valence-corrected chi connectivity index (χ0v) is 14.6. The molecule has 24 heavy (non-hydrogen) atoms. The van der Waals surface area contributed by atoms with Crippen LogP contribution < -0.4 is 5.32 Å². The van der Waals surface area contributed by atoms with Crippen LogP contribution in [-0.2, 0) is 9.53 Å². The monoisotopic (exact) mass is 349 g/mol. The highest BCUT2D eigenvalue weighted by atomic mass is 35.5. The van der Waals surface area contributed by atoms with Gasteiger partial charge in [0.2, 0.25) is 0 Å². The molecule has 1 amide bonds. The van der Waals surface area contributed by atoms with E-state index in [0.717, 1.165) is 11.4 Å². The molecule has 1 heterocycles. The first kappa shape index (κ1) is 18.0. The number of esters is 1. The first-order chi connectivity index (χ1) is 11.4. The van der Waals surface area contributed by atoms with Crippen LogP contribution in [0.5, 0.6) is 0 Å². The maximum atomic E-state index is 12.4. The lowest BCUT2D eigenvalue weighted by Crippen LogP contribution is -2.27. The molecular weight excluding hydrogens is 330 g/mol. The van der Waals surface area contributed by atoms with Gasteiger partial charge < -0.3 is 10.1 Å². The Balaban J connectivity index is 2.25. The number of nitrogens with one attached hydrogen (secondary N) is 1. The van der Waals surface area contributed by atoms with Gasteiger partial charge in [-0.3, -0.25) is 9.59 Å². The molecule has 6 nitrogen and oxygen atoms in total. The third-order valence-corrected chi connectivity index (χ3v) is 3.73. The standard InChI is InChI=1S/C17H20ClN3O3/c1-11(2)16-14(17(23)19-8-7-15(22)24-3)10-20-21(16)13-6-4-5-12(18)9-13/h4-6,9-11H,7-8H2,1-3H3,(H,19,23). The topological polar surface area (TPSA) is 73.2 Å². The van der Waals surface area contributed by atoms with Gasteiger partial charge in [-0.05, 0) is 24.1 Å². The minimum absolute atomic E-state index is 0.0767. The van der Waals surface area contributed by atoms with E-state index in [1.165, 1.54) is 13.3 Å². The van der Waals surface area contributed by atoms with E-state index in [0.29, 0.717) is 10.6 Å². The molecule has 2 rings (SSSR count). The molecule has 128 valence electrons. The molecule has 0 spiro atoms. The lowest BCUT2D eigenvalue weighted by atomic mass is 10.0. The molecule has 0 bridgehead atoms. The molecule has 0 saturated heterocycles. The molecule has 1 aromatic carbocycles. The zero-order valence-electron chi connectivity index (χ0n) is 13.9. The number of carbonyl (C=O) groups excluding carboxylic acids is 2. The second kappa shape index (κ2) is 7.97. The van der Waals surface area contributed by atoms with Crippen molar-refractivity contribution in [2.45, 2.75) is 26.2 Å². The second-order valence-electron chi connectivity index (χ2n) is 5.57. The normalized spacial score (nSPS) is 10.7. The third kappa shape index (κ3) is 4.14. The Bertz CT molecular complexity index is 740. The van der Waals surface area contributed by atoms with Gasteiger partial charge in [-0.2, -0.15) is 5.10 Å². The minimum Gasteiger partial charge on any atom is -0.469 e. The summed E-state index contributed by atoms with van der Waals surface area (Å²) in [4.78, 5) is 23.5. The van der Waals surface area contributed by atoms with Crippen LogP contribution in [0.4, 0.5) is 0 Å². The highest BCUT2D eigenvalue weighted by molar-refractivity contribution is 6.30. The molecule has 0 unspecified atom stereocenters. The Morgan fingerprint density at radius 1 is 1.38 bits per heavy atom. The van der Waals surface area contributed by atoms with Crippen molar-refractivity contribution in [2.24, 2.45) is 0 Å². The van der Waals surface area contributed by atoms with Crippen molar-refractivity contribution < 1.29 is 14.3 Å². The van der Waals surface area contributed by atoms with Crippen molar-refractivity contribution in [3.63, 3.8) is 0 Å². The fourth-order valence-electron chi connectivity index (χ4n) is 2.38. The number of benzene rings is 1. The van der Waals surface area contributed by atoms with Gasteiger partial charge in [-0.15, -0.1) is 0 Å². The first-order valence-electron chi connectivity index (χ1n) is 7.63. The summed E-state index contributed by atoms with van der Waals surface area (Å²) in [5, 5.41) is 7.65. The van der Waals surface area contributed by atoms with E-state index in [1.54, 1.807) is 16.8 Å². The van der Waals surface area contributed by atoms with Crippen molar-refractivity contribution in [1.82, 2.24) is 15.1 Å². The number of hydrogen-bond acceptors (Lipinski definition) is 4. The molecule has 2 aromatic rings. The van der Waals surface area contributed by atoms with E-state index < -0.39 is 0 Å². The van der Waals surface area contributed by atoms with Crippen LogP contribution in [0.25, 0.3) is 5.69 Å². The molecule has 0 fully saturated rings. The molecule has 0 aliphatic carbocycles. The highest BCUT2D eigenvalue weighted by Gasteiger charge is 2.21. The number of nitrogens with zero attached hydrogens (tertiary/aromatic N) is 2. The molecule has 0 aliphatic rings. The van der Waals surface area contributed by atoms with Gasteiger partial charge in [0.05, 0.1) is 36.7 Å². The van der Waals surface area contributed by atoms with E-state index >= 15 is 0 Å². The first-order valence-corrected chi connectivity index (χ1v) is 8.00. The molecule has 0 saturated carbocycles. The number of halogens is 1. The third-order valence-electron chi connectivity index (χ3n) is 3.49. The van der Waals surface area contributed by atoms with Crippen LogP contribution >= 0.6 is 11.6 Å². The number of carbonyl (C=O) groups is 2. The number of hydrogen-bond donors (Lipinski definition) is 1. The van der Waals surface area contributed by atoms with Gasteiger partial charge in [-0.1, -0.05) is 31.5 Å². The van der Waals surface area contributed by atoms with Crippen molar-refractivity contribution in [3.8, 4) is 5.69 Å². The number of methoxy groups -OCH3 is 1. The van der Waals surface area contributed by atoms with E-state index in [-0.39, 0.29) is 30.8 Å². The maximum Gasteiger partial charge on any atom is 0.307 e. The Kier molecular flexibility index (Phi) is 5.98. The summed E-state index contributed by atoms with van der Waals surface area (Å²) in [5.74, 6) is -0.558. The van der Waals surface area contributed by atoms with Gasteiger partial charge in [0.15, 0.2) is 0 Å². The predicted octanol–water partition coefficient (Wildman–Crippen LogP) is 2.94. The van der Waals surface area contributed by atoms with Crippen molar-refractivity contribution >= 4 is 23.5 Å². The van der Waals surface area contributed by atoms with Gasteiger partial charge in [0.25, 0.3) is 5.91 Å². The second-order valence-corrected chi connectivity index (χ2v) is 6.01. The minimum atomic E-state index is -0.367. The van der Waals surface area contributed by atoms with Crippen LogP contribution in [0.3, 0.4) is 0 Å². The summed E-state index contributed by atoms with van der Waals surface area (Å²) >= 11 is 6.04. The Labute approximate surface area is 145 Å². The summed E-state index contributed by atoms with van der Waals surface area (Å²) in [6.07, 6.45) is 1.66. The highest BCUT2D eigenvalue weighted by Crippen LogP contribution is 2.24. The largest absolute Gasteiger partial charge is 0.469 e. The lowest BCUT2D eigenvalue weighted by molar-refractivity contribution is -0.140. The molecule has 1 aromatic heterocycles. The molecule has 0 radical (unpaired) electrons. The van der Waals surface area contributed by atoms with Crippen LogP contribution in [0.15, 0.2) is 30.5 Å². The van der Waals surface area contributed by atoms with Crippen molar-refractivity contribution in [2.75, 3.05) is 13.7 Å². The van der Waals surface area contributed by atoms with Gasteiger partial charge in [0.1, 0.15) is 0 Å². The van der Waals surface area contributed by atoms with Crippen LogP contribution in [0.2, 0.25) is 5.02 Å². The van der Waals surface area contributed by atoms with Crippen LogP contribution in [0.1, 0.15) is 42.2 Å². The van der Waals surface area contributed by atoms with E-state index in [9.17, 15) is 9.59 Å². The number of aromatic nitrogens is 2. The Morgan fingerprint density at radius 2 is 2.12 bits per heavy atom. The average molecular weight is 350 g/mol. The molecule has 0 atom stereocenters. The van der Waals surface area contributed by atoms with Crippen LogP contribution in [0, 0.1) is 0 Å². The fraction of sp³-hybridized carbons (Fsp3) is 0.353. The molecule has 7 heteroatoms. The van der Waals surface area contributed by atoms with E-state index in [2.05, 4.69) is 15.2 Å². The fourth-order valence-corrected chi connectivity index (χ4v) is 2.56. The van der Waals surface area contributed by atoms with Crippen molar-refractivity contribution in [3.05, 3.63) is 46.7 Å². The predicted molar refractivity (Wildman–Crippen MR) is 91.6 cm³/mol. The average Bonchev–Trinajstić information content (AvgIpc) is 2.99. The molecule has 0 aliphatic heterocycles. The number of rotatable bonds is 6. The van der Waals surface area contributed by atoms with Crippen molar-refractivity contribution in [1.29, 1.82) is 0 Å². The van der Waals surface area contributed by atoms with Gasteiger partial charge >= 0.3 is 5.97 Å².